The minimum Gasteiger partial charge on any atom is -0.489 e. The second kappa shape index (κ2) is 11.0. The van der Waals surface area contributed by atoms with Gasteiger partial charge in [0.15, 0.2) is 0 Å². The maximum atomic E-state index is 9.84. The number of hydrogen-bond acceptors (Lipinski definition) is 5. The van der Waals surface area contributed by atoms with Crippen LogP contribution < -0.4 is 21.5 Å². The average Bonchev–Trinajstić information content (AvgIpc) is 2.28. The summed E-state index contributed by atoms with van der Waals surface area (Å²) in [5.41, 5.74) is 13.5. The molecule has 1 atom stereocenters. The largest absolute Gasteiger partial charge is 0.489 e. The van der Waals surface area contributed by atoms with Crippen molar-refractivity contribution in [2.75, 3.05) is 24.6 Å². The second-order valence-electron chi connectivity index (χ2n) is 5.86. The Balaban J connectivity index is -0.00000120. The number of β-amino-alcohol motifs (C(OH)–C–C–N with tert-alkyl or cyclic N) is 1. The fraction of sp³-hybridized carbons (Fsp3) is 0.571. The van der Waals surface area contributed by atoms with Crippen LogP contribution in [0.5, 0.6) is 5.75 Å². The number of benzene rings is 1. The number of nitrogens with two attached hydrogens (primary N) is 2. The van der Waals surface area contributed by atoms with E-state index in [-0.39, 0.29) is 49.4 Å². The highest BCUT2D eigenvalue weighted by molar-refractivity contribution is 5.86. The van der Waals surface area contributed by atoms with Gasteiger partial charge in [0.25, 0.3) is 0 Å². The van der Waals surface area contributed by atoms with Crippen LogP contribution in [0.3, 0.4) is 0 Å². The van der Waals surface area contributed by atoms with Gasteiger partial charge >= 0.3 is 0 Å². The first-order valence-corrected chi connectivity index (χ1v) is 6.40. The summed E-state index contributed by atoms with van der Waals surface area (Å²) in [6.45, 7) is 8.68. The van der Waals surface area contributed by atoms with E-state index in [2.05, 4.69) is 5.32 Å². The molecule has 0 amide bonds. The van der Waals surface area contributed by atoms with Gasteiger partial charge < -0.3 is 26.6 Å². The van der Waals surface area contributed by atoms with Gasteiger partial charge in [0.2, 0.25) is 0 Å². The normalized spacial score (nSPS) is 11.5. The number of hydrogen-bond donors (Lipinski definition) is 4. The minimum absolute atomic E-state index is 0. The van der Waals surface area contributed by atoms with Gasteiger partial charge in [-0.25, -0.2) is 0 Å². The lowest BCUT2D eigenvalue weighted by Crippen LogP contribution is -2.42. The molecule has 0 bridgehead atoms. The van der Waals surface area contributed by atoms with E-state index < -0.39 is 6.10 Å². The van der Waals surface area contributed by atoms with E-state index in [1.54, 1.807) is 6.07 Å². The molecule has 22 heavy (non-hydrogen) atoms. The van der Waals surface area contributed by atoms with E-state index in [0.29, 0.717) is 23.7 Å². The number of aliphatic hydroxyl groups excluding tert-OH is 1. The number of rotatable bonds is 5. The fourth-order valence-electron chi connectivity index (χ4n) is 1.58. The van der Waals surface area contributed by atoms with Gasteiger partial charge in [-0.15, -0.1) is 37.2 Å². The lowest BCUT2D eigenvalue weighted by molar-refractivity contribution is 0.100. The summed E-state index contributed by atoms with van der Waals surface area (Å²) in [7, 11) is 0. The van der Waals surface area contributed by atoms with Crippen LogP contribution >= 0.6 is 37.2 Å². The molecular weight excluding hydrogens is 349 g/mol. The predicted molar refractivity (Wildman–Crippen MR) is 101 cm³/mol. The SMILES string of the molecule is Cc1cc(N)c(N)c(OCC(O)CNC(C)(C)C)c1.Cl.Cl.Cl. The molecule has 0 saturated heterocycles. The van der Waals surface area contributed by atoms with Crippen molar-refractivity contribution in [3.05, 3.63) is 17.7 Å². The molecular formula is C14H28Cl3N3O2. The van der Waals surface area contributed by atoms with Crippen molar-refractivity contribution in [1.29, 1.82) is 0 Å². The topological polar surface area (TPSA) is 93.5 Å². The number of anilines is 2. The van der Waals surface area contributed by atoms with Crippen LogP contribution in [0.15, 0.2) is 12.1 Å². The summed E-state index contributed by atoms with van der Waals surface area (Å²) >= 11 is 0. The van der Waals surface area contributed by atoms with Gasteiger partial charge in [-0.05, 0) is 45.4 Å². The Kier molecular flexibility index (Phi) is 13.2. The molecule has 1 aromatic carbocycles. The third-order valence-corrected chi connectivity index (χ3v) is 2.62. The highest BCUT2D eigenvalue weighted by Crippen LogP contribution is 2.29. The first kappa shape index (κ1) is 26.3. The van der Waals surface area contributed by atoms with Gasteiger partial charge in [-0.3, -0.25) is 0 Å². The molecule has 0 aliphatic heterocycles. The molecule has 132 valence electrons. The van der Waals surface area contributed by atoms with Crippen molar-refractivity contribution in [2.45, 2.75) is 39.3 Å². The molecule has 1 rings (SSSR count). The quantitative estimate of drug-likeness (QED) is 0.593. The summed E-state index contributed by atoms with van der Waals surface area (Å²) in [5.74, 6) is 0.521. The zero-order valence-corrected chi connectivity index (χ0v) is 15.8. The standard InChI is InChI=1S/C14H25N3O2.3ClH/c1-9-5-11(15)13(16)12(6-9)19-8-10(18)7-17-14(2,3)4;;;/h5-6,10,17-18H,7-8,15-16H2,1-4H3;3*1H. The van der Waals surface area contributed by atoms with Crippen molar-refractivity contribution in [1.82, 2.24) is 5.32 Å². The van der Waals surface area contributed by atoms with Gasteiger partial charge in [0, 0.05) is 12.1 Å². The summed E-state index contributed by atoms with van der Waals surface area (Å²) in [4.78, 5) is 0. The monoisotopic (exact) mass is 375 g/mol. The number of nitrogen functional groups attached to an aromatic ring is 2. The summed E-state index contributed by atoms with van der Waals surface area (Å²) in [6.07, 6.45) is -0.597. The first-order valence-electron chi connectivity index (χ1n) is 6.40. The van der Waals surface area contributed by atoms with Gasteiger partial charge in [0.05, 0.1) is 11.4 Å². The second-order valence-corrected chi connectivity index (χ2v) is 5.86. The van der Waals surface area contributed by atoms with Crippen LogP contribution in [-0.2, 0) is 0 Å². The first-order chi connectivity index (χ1) is 8.69. The third-order valence-electron chi connectivity index (χ3n) is 2.62. The zero-order valence-electron chi connectivity index (χ0n) is 13.4. The van der Waals surface area contributed by atoms with Gasteiger partial charge in [-0.1, -0.05) is 0 Å². The summed E-state index contributed by atoms with van der Waals surface area (Å²) in [6, 6.07) is 3.61. The molecule has 0 aromatic heterocycles. The molecule has 1 aromatic rings. The van der Waals surface area contributed by atoms with Crippen molar-refractivity contribution >= 4 is 48.6 Å². The van der Waals surface area contributed by atoms with E-state index >= 15 is 0 Å². The zero-order chi connectivity index (χ0) is 14.6. The number of aliphatic hydroxyl groups is 1. The highest BCUT2D eigenvalue weighted by Gasteiger charge is 2.13. The average molecular weight is 377 g/mol. The van der Waals surface area contributed by atoms with Crippen molar-refractivity contribution < 1.29 is 9.84 Å². The number of nitrogens with one attached hydrogen (secondary N) is 1. The number of ether oxygens (including phenoxy) is 1. The van der Waals surface area contributed by atoms with Crippen molar-refractivity contribution in [3.63, 3.8) is 0 Å². The molecule has 8 heteroatoms. The molecule has 0 heterocycles. The third kappa shape index (κ3) is 9.43. The summed E-state index contributed by atoms with van der Waals surface area (Å²) < 4.78 is 5.53. The fourth-order valence-corrected chi connectivity index (χ4v) is 1.58. The van der Waals surface area contributed by atoms with Crippen LogP contribution in [0.25, 0.3) is 0 Å². The van der Waals surface area contributed by atoms with Gasteiger partial charge in [-0.2, -0.15) is 0 Å². The van der Waals surface area contributed by atoms with Crippen LogP contribution in [0.1, 0.15) is 26.3 Å². The molecule has 0 aliphatic rings. The Labute approximate surface area is 151 Å². The smallest absolute Gasteiger partial charge is 0.144 e. The molecule has 0 fully saturated rings. The maximum absolute atomic E-state index is 9.84. The van der Waals surface area contributed by atoms with Crippen LogP contribution in [0.2, 0.25) is 0 Å². The Morgan fingerprint density at radius 1 is 1.18 bits per heavy atom. The van der Waals surface area contributed by atoms with Gasteiger partial charge in [0.1, 0.15) is 18.5 Å². The molecule has 0 spiro atoms. The van der Waals surface area contributed by atoms with E-state index in [1.807, 2.05) is 33.8 Å². The Bertz CT molecular complexity index is 440. The Hall–Kier alpha value is -0.590. The molecule has 0 radical (unpaired) electrons. The maximum Gasteiger partial charge on any atom is 0.144 e. The number of aryl methyl sites for hydroxylation is 1. The highest BCUT2D eigenvalue weighted by atomic mass is 35.5. The van der Waals surface area contributed by atoms with E-state index in [1.165, 1.54) is 0 Å². The molecule has 0 aliphatic carbocycles. The number of halogens is 3. The Morgan fingerprint density at radius 2 is 1.73 bits per heavy atom. The lowest BCUT2D eigenvalue weighted by Gasteiger charge is -2.23. The molecule has 1 unspecified atom stereocenters. The summed E-state index contributed by atoms with van der Waals surface area (Å²) in [5, 5.41) is 13.1. The lowest BCUT2D eigenvalue weighted by atomic mass is 10.1. The van der Waals surface area contributed by atoms with E-state index in [4.69, 9.17) is 16.2 Å². The Morgan fingerprint density at radius 3 is 2.23 bits per heavy atom. The predicted octanol–water partition coefficient (Wildman–Crippen LogP) is 2.55. The van der Waals surface area contributed by atoms with Crippen LogP contribution in [0.4, 0.5) is 11.4 Å². The van der Waals surface area contributed by atoms with E-state index in [9.17, 15) is 5.11 Å². The molecule has 6 N–H and O–H groups in total. The molecule has 0 saturated carbocycles. The minimum atomic E-state index is -0.597. The van der Waals surface area contributed by atoms with Crippen molar-refractivity contribution in [2.24, 2.45) is 0 Å². The van der Waals surface area contributed by atoms with E-state index in [0.717, 1.165) is 5.56 Å². The van der Waals surface area contributed by atoms with Crippen molar-refractivity contribution in [3.8, 4) is 5.75 Å². The van der Waals surface area contributed by atoms with Crippen LogP contribution in [0, 0.1) is 6.92 Å². The van der Waals surface area contributed by atoms with Crippen LogP contribution in [-0.4, -0.2) is 29.9 Å². The molecule has 5 nitrogen and oxygen atoms in total.